The third kappa shape index (κ3) is 3.13. The SMILES string of the molecule is COc1cc(N)ccc1CS(=O)(=O)c1ccccc1Br. The highest BCUT2D eigenvalue weighted by Crippen LogP contribution is 2.29. The molecule has 0 aliphatic rings. The van der Waals surface area contributed by atoms with Crippen LogP contribution < -0.4 is 10.5 Å². The molecule has 4 nitrogen and oxygen atoms in total. The van der Waals surface area contributed by atoms with Gasteiger partial charge in [0, 0.05) is 21.8 Å². The van der Waals surface area contributed by atoms with Crippen LogP contribution in [0.3, 0.4) is 0 Å². The number of rotatable bonds is 4. The number of hydrogen-bond acceptors (Lipinski definition) is 4. The van der Waals surface area contributed by atoms with E-state index in [4.69, 9.17) is 10.5 Å². The standard InChI is InChI=1S/C14H14BrNO3S/c1-19-13-8-11(16)7-6-10(13)9-20(17,18)14-5-3-2-4-12(14)15/h2-8H,9,16H2,1H3. The second kappa shape index (κ2) is 5.85. The fourth-order valence-electron chi connectivity index (χ4n) is 1.86. The zero-order valence-electron chi connectivity index (χ0n) is 10.8. The molecule has 0 saturated heterocycles. The molecule has 0 aromatic heterocycles. The van der Waals surface area contributed by atoms with Gasteiger partial charge in [-0.25, -0.2) is 8.42 Å². The first kappa shape index (κ1) is 14.9. The average molecular weight is 356 g/mol. The molecule has 0 amide bonds. The van der Waals surface area contributed by atoms with Crippen LogP contribution in [0.1, 0.15) is 5.56 Å². The number of sulfone groups is 1. The van der Waals surface area contributed by atoms with Crippen LogP contribution in [0.15, 0.2) is 51.8 Å². The van der Waals surface area contributed by atoms with Crippen LogP contribution in [0.25, 0.3) is 0 Å². The number of benzene rings is 2. The van der Waals surface area contributed by atoms with Crippen molar-refractivity contribution in [1.29, 1.82) is 0 Å². The number of ether oxygens (including phenoxy) is 1. The second-order valence-electron chi connectivity index (χ2n) is 4.26. The molecular weight excluding hydrogens is 342 g/mol. The molecule has 20 heavy (non-hydrogen) atoms. The summed E-state index contributed by atoms with van der Waals surface area (Å²) in [7, 11) is -1.97. The van der Waals surface area contributed by atoms with Crippen molar-refractivity contribution < 1.29 is 13.2 Å². The van der Waals surface area contributed by atoms with E-state index >= 15 is 0 Å². The van der Waals surface area contributed by atoms with Gasteiger partial charge in [0.25, 0.3) is 0 Å². The molecule has 2 N–H and O–H groups in total. The Morgan fingerprint density at radius 2 is 1.90 bits per heavy atom. The fraction of sp³-hybridized carbons (Fsp3) is 0.143. The molecule has 2 aromatic carbocycles. The number of nitrogen functional groups attached to an aromatic ring is 1. The van der Waals surface area contributed by atoms with Gasteiger partial charge in [0.05, 0.1) is 17.8 Å². The molecule has 2 aromatic rings. The zero-order chi connectivity index (χ0) is 14.8. The van der Waals surface area contributed by atoms with Crippen LogP contribution in [0.4, 0.5) is 5.69 Å². The van der Waals surface area contributed by atoms with Crippen molar-refractivity contribution in [3.63, 3.8) is 0 Å². The zero-order valence-corrected chi connectivity index (χ0v) is 13.2. The van der Waals surface area contributed by atoms with Gasteiger partial charge in [-0.2, -0.15) is 0 Å². The number of hydrogen-bond donors (Lipinski definition) is 1. The van der Waals surface area contributed by atoms with Crippen LogP contribution in [-0.4, -0.2) is 15.5 Å². The molecule has 0 radical (unpaired) electrons. The summed E-state index contributed by atoms with van der Waals surface area (Å²) < 4.78 is 30.6. The molecule has 106 valence electrons. The number of nitrogens with two attached hydrogens (primary N) is 1. The van der Waals surface area contributed by atoms with Crippen LogP contribution in [0.2, 0.25) is 0 Å². The Morgan fingerprint density at radius 3 is 2.55 bits per heavy atom. The highest BCUT2D eigenvalue weighted by Gasteiger charge is 2.20. The average Bonchev–Trinajstić information content (AvgIpc) is 2.41. The summed E-state index contributed by atoms with van der Waals surface area (Å²) in [5, 5.41) is 0. The highest BCUT2D eigenvalue weighted by atomic mass is 79.9. The van der Waals surface area contributed by atoms with Gasteiger partial charge in [0.1, 0.15) is 5.75 Å². The summed E-state index contributed by atoms with van der Waals surface area (Å²) in [5.41, 5.74) is 6.78. The highest BCUT2D eigenvalue weighted by molar-refractivity contribution is 9.10. The molecule has 6 heteroatoms. The van der Waals surface area contributed by atoms with Crippen molar-refractivity contribution in [3.8, 4) is 5.75 Å². The first-order valence-corrected chi connectivity index (χ1v) is 8.28. The lowest BCUT2D eigenvalue weighted by atomic mass is 10.2. The lowest BCUT2D eigenvalue weighted by Gasteiger charge is -2.11. The second-order valence-corrected chi connectivity index (χ2v) is 7.07. The van der Waals surface area contributed by atoms with Crippen LogP contribution in [0, 0.1) is 0 Å². The van der Waals surface area contributed by atoms with Crippen molar-refractivity contribution in [2.24, 2.45) is 0 Å². The van der Waals surface area contributed by atoms with E-state index in [-0.39, 0.29) is 10.6 Å². The molecule has 0 heterocycles. The van der Waals surface area contributed by atoms with E-state index < -0.39 is 9.84 Å². The Hall–Kier alpha value is -1.53. The van der Waals surface area contributed by atoms with Gasteiger partial charge in [-0.15, -0.1) is 0 Å². The molecule has 0 aliphatic carbocycles. The predicted molar refractivity (Wildman–Crippen MR) is 82.4 cm³/mol. The molecular formula is C14H14BrNO3S. The molecule has 0 atom stereocenters. The molecule has 0 saturated carbocycles. The largest absolute Gasteiger partial charge is 0.496 e. The Labute approximate surface area is 126 Å². The Kier molecular flexibility index (Phi) is 4.35. The Bertz CT molecular complexity index is 729. The van der Waals surface area contributed by atoms with Gasteiger partial charge in [0.2, 0.25) is 0 Å². The van der Waals surface area contributed by atoms with Gasteiger partial charge in [-0.1, -0.05) is 18.2 Å². The van der Waals surface area contributed by atoms with Gasteiger partial charge in [-0.05, 0) is 34.1 Å². The fourth-order valence-corrected chi connectivity index (χ4v) is 4.34. The van der Waals surface area contributed by atoms with E-state index in [2.05, 4.69) is 15.9 Å². The minimum absolute atomic E-state index is 0.140. The first-order chi connectivity index (χ1) is 9.44. The lowest BCUT2D eigenvalue weighted by molar-refractivity contribution is 0.411. The van der Waals surface area contributed by atoms with Crippen molar-refractivity contribution in [1.82, 2.24) is 0 Å². The Morgan fingerprint density at radius 1 is 1.20 bits per heavy atom. The van der Waals surface area contributed by atoms with Gasteiger partial charge in [0.15, 0.2) is 9.84 Å². The van der Waals surface area contributed by atoms with Gasteiger partial charge < -0.3 is 10.5 Å². The van der Waals surface area contributed by atoms with E-state index in [9.17, 15) is 8.42 Å². The smallest absolute Gasteiger partial charge is 0.183 e. The monoisotopic (exact) mass is 355 g/mol. The quantitative estimate of drug-likeness (QED) is 0.855. The summed E-state index contributed by atoms with van der Waals surface area (Å²) in [6, 6.07) is 11.7. The first-order valence-electron chi connectivity index (χ1n) is 5.84. The summed E-state index contributed by atoms with van der Waals surface area (Å²) in [6.45, 7) is 0. The molecule has 0 bridgehead atoms. The molecule has 0 unspecified atom stereocenters. The summed E-state index contributed by atoms with van der Waals surface area (Å²) in [5.74, 6) is 0.333. The third-order valence-corrected chi connectivity index (χ3v) is 5.50. The summed E-state index contributed by atoms with van der Waals surface area (Å²) in [6.07, 6.45) is 0. The summed E-state index contributed by atoms with van der Waals surface area (Å²) in [4.78, 5) is 0.263. The van der Waals surface area contributed by atoms with Crippen LogP contribution in [0.5, 0.6) is 5.75 Å². The van der Waals surface area contributed by atoms with E-state index in [0.29, 0.717) is 21.5 Å². The molecule has 0 fully saturated rings. The van der Waals surface area contributed by atoms with E-state index in [1.54, 1.807) is 42.5 Å². The molecule has 0 aliphatic heterocycles. The number of halogens is 1. The number of methoxy groups -OCH3 is 1. The molecule has 2 rings (SSSR count). The lowest BCUT2D eigenvalue weighted by Crippen LogP contribution is -2.07. The Balaban J connectivity index is 2.41. The van der Waals surface area contributed by atoms with Crippen molar-refractivity contribution in [2.45, 2.75) is 10.6 Å². The third-order valence-electron chi connectivity index (χ3n) is 2.83. The van der Waals surface area contributed by atoms with Crippen molar-refractivity contribution in [2.75, 3.05) is 12.8 Å². The molecule has 0 spiro atoms. The maximum atomic E-state index is 12.5. The van der Waals surface area contributed by atoms with E-state index in [1.165, 1.54) is 7.11 Å². The maximum Gasteiger partial charge on any atom is 0.183 e. The van der Waals surface area contributed by atoms with Crippen LogP contribution in [-0.2, 0) is 15.6 Å². The minimum atomic E-state index is -3.46. The normalized spacial score (nSPS) is 11.3. The van der Waals surface area contributed by atoms with E-state index in [1.807, 2.05) is 0 Å². The van der Waals surface area contributed by atoms with Gasteiger partial charge >= 0.3 is 0 Å². The van der Waals surface area contributed by atoms with Crippen molar-refractivity contribution in [3.05, 3.63) is 52.5 Å². The number of anilines is 1. The van der Waals surface area contributed by atoms with Crippen molar-refractivity contribution >= 4 is 31.5 Å². The van der Waals surface area contributed by atoms with E-state index in [0.717, 1.165) is 0 Å². The van der Waals surface area contributed by atoms with Crippen LogP contribution >= 0.6 is 15.9 Å². The van der Waals surface area contributed by atoms with Gasteiger partial charge in [-0.3, -0.25) is 0 Å². The topological polar surface area (TPSA) is 69.4 Å². The maximum absolute atomic E-state index is 12.5. The predicted octanol–water partition coefficient (Wildman–Crippen LogP) is 3.01. The minimum Gasteiger partial charge on any atom is -0.496 e. The summed E-state index contributed by atoms with van der Waals surface area (Å²) >= 11 is 3.26.